The zero-order chi connectivity index (χ0) is 26.5. The lowest BCUT2D eigenvalue weighted by atomic mass is 9.95. The number of nitrogens with zero attached hydrogens (tertiary/aromatic N) is 5. The van der Waals surface area contributed by atoms with Crippen LogP contribution in [-0.2, 0) is 29.6 Å². The minimum absolute atomic E-state index is 0.233. The number of likely N-dealkylation sites (N-methyl/N-ethyl adjacent to an activating group) is 1. The van der Waals surface area contributed by atoms with Crippen LogP contribution in [0.3, 0.4) is 0 Å². The van der Waals surface area contributed by atoms with Gasteiger partial charge in [-0.1, -0.05) is 43.4 Å². The molecule has 0 radical (unpaired) electrons. The summed E-state index contributed by atoms with van der Waals surface area (Å²) in [6.45, 7) is 5.13. The van der Waals surface area contributed by atoms with Crippen LogP contribution in [0.2, 0.25) is 0 Å². The van der Waals surface area contributed by atoms with E-state index in [0.717, 1.165) is 49.5 Å². The Kier molecular flexibility index (Phi) is 8.23. The number of likely N-dealkylation sites (tertiary alicyclic amines) is 1. The average Bonchev–Trinajstić information content (AvgIpc) is 3.57. The number of aldehydes is 1. The van der Waals surface area contributed by atoms with Crippen LogP contribution in [0.1, 0.15) is 59.3 Å². The first-order valence-corrected chi connectivity index (χ1v) is 12.2. The number of carbonyl (C=O) groups is 1. The van der Waals surface area contributed by atoms with E-state index in [-0.39, 0.29) is 5.88 Å². The summed E-state index contributed by atoms with van der Waals surface area (Å²) in [5, 5.41) is 4.28. The molecule has 1 spiro atoms. The summed E-state index contributed by atoms with van der Waals surface area (Å²) in [5.74, 6) is 0.233. The lowest BCUT2D eigenvalue weighted by Crippen LogP contribution is -2.40. The highest BCUT2D eigenvalue weighted by Gasteiger charge is 2.50. The van der Waals surface area contributed by atoms with Crippen LogP contribution in [0.25, 0.3) is 6.08 Å². The molecule has 1 fully saturated rings. The molecule has 3 aliphatic heterocycles. The Bertz CT molecular complexity index is 1200. The molecule has 11 heteroatoms. The summed E-state index contributed by atoms with van der Waals surface area (Å²) >= 11 is 0. The number of hydrogen-bond donors (Lipinski definition) is 0. The molecular weight excluding hydrogens is 487 g/mol. The number of ether oxygens (including phenoxy) is 2. The molecule has 5 rings (SSSR count). The van der Waals surface area contributed by atoms with Gasteiger partial charge < -0.3 is 9.47 Å². The molecule has 2 aromatic rings. The van der Waals surface area contributed by atoms with Gasteiger partial charge in [0.2, 0.25) is 5.88 Å². The van der Waals surface area contributed by atoms with Crippen molar-refractivity contribution in [3.05, 3.63) is 64.9 Å². The highest BCUT2D eigenvalue weighted by Crippen LogP contribution is 2.45. The van der Waals surface area contributed by atoms with E-state index in [0.29, 0.717) is 37.8 Å². The first kappa shape index (κ1) is 26.7. The smallest absolute Gasteiger partial charge is 0.434 e. The van der Waals surface area contributed by atoms with E-state index in [1.165, 1.54) is 0 Å². The molecule has 2 aromatic heterocycles. The summed E-state index contributed by atoms with van der Waals surface area (Å²) in [7, 11) is 1.88. The number of halogens is 3. The Morgan fingerprint density at radius 1 is 1.19 bits per heavy atom. The minimum Gasteiger partial charge on any atom is -0.474 e. The molecule has 5 heterocycles. The number of hydrogen-bond acceptors (Lipinski definition) is 7. The number of carbonyl (C=O) groups excluding carboxylic acids is 1. The summed E-state index contributed by atoms with van der Waals surface area (Å²) in [5.41, 5.74) is 1.17. The number of allylic oxidation sites excluding steroid dienone is 5. The zero-order valence-electron chi connectivity index (χ0n) is 20.9. The second-order valence-corrected chi connectivity index (χ2v) is 8.97. The Hall–Kier alpha value is -3.31. The second-order valence-electron chi connectivity index (χ2n) is 8.97. The average molecular weight is 518 g/mol. The van der Waals surface area contributed by atoms with Gasteiger partial charge in [0, 0.05) is 5.56 Å². The Morgan fingerprint density at radius 3 is 2.70 bits per heavy atom. The lowest BCUT2D eigenvalue weighted by Gasteiger charge is -2.29. The molecule has 8 nitrogen and oxygen atoms in total. The third kappa shape index (κ3) is 5.67. The standard InChI is InChI=1S/C15H18N2O2.C11H12F3N3O/c1-2-3-4-5-6-7-8-13-14(11-18)16-17-9-10-19-12-15(13)17;1-17-4-2-3-10(17)6-18-9-8(10)16-7(5-15-9)11(12,13)14/h3-8,11H,2,9-10,12H2,1H3;5H,2-4,6H2,1H3/b4-3-,6-5-,8-7+;/t;10-/m.0/s1. The van der Waals surface area contributed by atoms with Crippen LogP contribution < -0.4 is 4.74 Å². The normalized spacial score (nSPS) is 21.4. The maximum absolute atomic E-state index is 12.7. The van der Waals surface area contributed by atoms with Gasteiger partial charge >= 0.3 is 6.18 Å². The molecule has 0 N–H and O–H groups in total. The van der Waals surface area contributed by atoms with Crippen LogP contribution in [0.5, 0.6) is 5.88 Å². The number of rotatable bonds is 5. The summed E-state index contributed by atoms with van der Waals surface area (Å²) in [6, 6.07) is 0. The highest BCUT2D eigenvalue weighted by atomic mass is 19.4. The Morgan fingerprint density at radius 2 is 2.00 bits per heavy atom. The van der Waals surface area contributed by atoms with E-state index in [9.17, 15) is 18.0 Å². The van der Waals surface area contributed by atoms with Crippen LogP contribution in [0.4, 0.5) is 13.2 Å². The molecule has 1 atom stereocenters. The van der Waals surface area contributed by atoms with Crippen molar-refractivity contribution >= 4 is 12.4 Å². The second kappa shape index (κ2) is 11.4. The Balaban J connectivity index is 0.000000173. The first-order valence-electron chi connectivity index (χ1n) is 12.2. The van der Waals surface area contributed by atoms with Gasteiger partial charge in [-0.25, -0.2) is 9.97 Å². The van der Waals surface area contributed by atoms with Crippen molar-refractivity contribution in [1.82, 2.24) is 24.6 Å². The van der Waals surface area contributed by atoms with Crippen molar-refractivity contribution in [1.29, 1.82) is 0 Å². The van der Waals surface area contributed by atoms with Gasteiger partial charge in [0.25, 0.3) is 0 Å². The zero-order valence-corrected chi connectivity index (χ0v) is 20.9. The lowest BCUT2D eigenvalue weighted by molar-refractivity contribution is -0.141. The largest absolute Gasteiger partial charge is 0.474 e. The topological polar surface area (TPSA) is 82.4 Å². The fraction of sp³-hybridized carbons (Fsp3) is 0.462. The highest BCUT2D eigenvalue weighted by molar-refractivity contribution is 5.80. The van der Waals surface area contributed by atoms with Crippen LogP contribution >= 0.6 is 0 Å². The van der Waals surface area contributed by atoms with E-state index < -0.39 is 17.4 Å². The van der Waals surface area contributed by atoms with Crippen molar-refractivity contribution in [3.63, 3.8) is 0 Å². The van der Waals surface area contributed by atoms with E-state index in [1.54, 1.807) is 0 Å². The van der Waals surface area contributed by atoms with E-state index in [4.69, 9.17) is 9.47 Å². The molecular formula is C26H30F3N5O3. The van der Waals surface area contributed by atoms with Gasteiger partial charge in [-0.05, 0) is 32.9 Å². The van der Waals surface area contributed by atoms with Gasteiger partial charge in [0.1, 0.15) is 23.5 Å². The van der Waals surface area contributed by atoms with Gasteiger partial charge in [-0.15, -0.1) is 0 Å². The third-order valence-electron chi connectivity index (χ3n) is 6.63. The summed E-state index contributed by atoms with van der Waals surface area (Å²) < 4.78 is 50.7. The van der Waals surface area contributed by atoms with E-state index in [1.807, 2.05) is 47.0 Å². The number of alkyl halides is 3. The van der Waals surface area contributed by atoms with E-state index in [2.05, 4.69) is 28.1 Å². The fourth-order valence-corrected chi connectivity index (χ4v) is 4.63. The van der Waals surface area contributed by atoms with Gasteiger partial charge in [0.15, 0.2) is 12.0 Å². The molecule has 0 unspecified atom stereocenters. The molecule has 0 amide bonds. The molecule has 37 heavy (non-hydrogen) atoms. The molecule has 3 aliphatic rings. The predicted octanol–water partition coefficient (Wildman–Crippen LogP) is 4.57. The van der Waals surface area contributed by atoms with Gasteiger partial charge in [-0.2, -0.15) is 18.3 Å². The van der Waals surface area contributed by atoms with Crippen LogP contribution in [-0.4, -0.2) is 57.7 Å². The molecule has 198 valence electrons. The molecule has 0 saturated carbocycles. The van der Waals surface area contributed by atoms with Crippen molar-refractivity contribution < 1.29 is 27.4 Å². The van der Waals surface area contributed by atoms with Crippen LogP contribution in [0.15, 0.2) is 36.6 Å². The molecule has 0 aromatic carbocycles. The van der Waals surface area contributed by atoms with Crippen LogP contribution in [0, 0.1) is 0 Å². The fourth-order valence-electron chi connectivity index (χ4n) is 4.63. The SMILES string of the molecule is CC\C=C/C=C\C=C\c1c(C=O)nn2c1COCC2.CN1CCC[C@@]12COc1ncc(C(F)(F)F)nc12. The first-order chi connectivity index (χ1) is 17.8. The van der Waals surface area contributed by atoms with Gasteiger partial charge in [0.05, 0.1) is 31.6 Å². The quantitative estimate of drug-likeness (QED) is 0.425. The van der Waals surface area contributed by atoms with E-state index >= 15 is 0 Å². The summed E-state index contributed by atoms with van der Waals surface area (Å²) in [6.07, 6.45) is 11.6. The Labute approximate surface area is 213 Å². The number of aromatic nitrogens is 4. The molecule has 0 aliphatic carbocycles. The number of fused-ring (bicyclic) bond motifs is 3. The van der Waals surface area contributed by atoms with Crippen molar-refractivity contribution in [2.24, 2.45) is 0 Å². The monoisotopic (exact) mass is 517 g/mol. The van der Waals surface area contributed by atoms with Crippen molar-refractivity contribution in [3.8, 4) is 5.88 Å². The summed E-state index contributed by atoms with van der Waals surface area (Å²) in [4.78, 5) is 20.6. The predicted molar refractivity (Wildman–Crippen MR) is 131 cm³/mol. The third-order valence-corrected chi connectivity index (χ3v) is 6.63. The minimum atomic E-state index is -4.47. The molecule has 1 saturated heterocycles. The van der Waals surface area contributed by atoms with Crippen molar-refractivity contribution in [2.45, 2.75) is 51.1 Å². The molecule has 0 bridgehead atoms. The maximum Gasteiger partial charge on any atom is 0.434 e. The van der Waals surface area contributed by atoms with Gasteiger partial charge in [-0.3, -0.25) is 14.4 Å². The van der Waals surface area contributed by atoms with Crippen molar-refractivity contribution in [2.75, 3.05) is 26.8 Å². The maximum atomic E-state index is 12.7.